The van der Waals surface area contributed by atoms with Crippen LogP contribution in [0.15, 0.2) is 36.4 Å². The molecule has 0 bridgehead atoms. The minimum atomic E-state index is -0.879. The van der Waals surface area contributed by atoms with Crippen molar-refractivity contribution in [3.05, 3.63) is 70.3 Å². The first kappa shape index (κ1) is 14.7. The molecule has 0 aromatic heterocycles. The Bertz CT molecular complexity index is 610. The summed E-state index contributed by atoms with van der Waals surface area (Å²) in [4.78, 5) is 0. The van der Waals surface area contributed by atoms with Gasteiger partial charge in [-0.15, -0.1) is 0 Å². The van der Waals surface area contributed by atoms with Crippen LogP contribution >= 0.6 is 0 Å². The van der Waals surface area contributed by atoms with Crippen LogP contribution in [0.5, 0.6) is 0 Å². The monoisotopic (exact) mass is 275 g/mol. The Balaban J connectivity index is 2.40. The minimum Gasteiger partial charge on any atom is -0.321 e. The molecule has 0 spiro atoms. The van der Waals surface area contributed by atoms with Gasteiger partial charge in [-0.1, -0.05) is 18.2 Å². The molecule has 0 saturated carbocycles. The lowest BCUT2D eigenvalue weighted by Crippen LogP contribution is -2.37. The molecule has 1 atom stereocenters. The third-order valence-corrected chi connectivity index (χ3v) is 3.46. The maximum absolute atomic E-state index is 14.2. The van der Waals surface area contributed by atoms with Crippen molar-refractivity contribution < 1.29 is 8.78 Å². The molecule has 0 radical (unpaired) electrons. The number of nitrogens with two attached hydrogens (primary N) is 1. The Morgan fingerprint density at radius 3 is 2.40 bits per heavy atom. The average Bonchev–Trinajstić information content (AvgIpc) is 2.25. The van der Waals surface area contributed by atoms with Crippen LogP contribution in [0.25, 0.3) is 0 Å². The molecule has 0 fully saturated rings. The second-order valence-electron chi connectivity index (χ2n) is 5.66. The number of rotatable bonds is 3. The smallest absolute Gasteiger partial charge is 0.128 e. The van der Waals surface area contributed by atoms with Gasteiger partial charge >= 0.3 is 0 Å². The van der Waals surface area contributed by atoms with Crippen molar-refractivity contribution in [1.29, 1.82) is 0 Å². The van der Waals surface area contributed by atoms with E-state index in [0.717, 1.165) is 16.7 Å². The highest BCUT2D eigenvalue weighted by Gasteiger charge is 2.27. The first-order valence-corrected chi connectivity index (χ1v) is 6.60. The number of hydrogen-bond donors (Lipinski definition) is 1. The molecule has 1 nitrogen and oxygen atoms in total. The molecule has 1 unspecified atom stereocenters. The molecular weight excluding hydrogens is 256 g/mol. The summed E-state index contributed by atoms with van der Waals surface area (Å²) >= 11 is 0. The van der Waals surface area contributed by atoms with Gasteiger partial charge in [0.15, 0.2) is 0 Å². The molecular formula is C17H19F2N. The van der Waals surface area contributed by atoms with Gasteiger partial charge in [0.25, 0.3) is 0 Å². The molecule has 3 heteroatoms. The highest BCUT2D eigenvalue weighted by Crippen LogP contribution is 2.29. The Morgan fingerprint density at radius 1 is 1.10 bits per heavy atom. The summed E-state index contributed by atoms with van der Waals surface area (Å²) in [6.45, 7) is 5.47. The summed E-state index contributed by atoms with van der Waals surface area (Å²) in [5.41, 5.74) is 8.37. The lowest BCUT2D eigenvalue weighted by atomic mass is 9.83. The third kappa shape index (κ3) is 3.05. The number of hydrogen-bond acceptors (Lipinski definition) is 1. The normalized spacial score (nSPS) is 14.1. The van der Waals surface area contributed by atoms with Gasteiger partial charge in [0.1, 0.15) is 11.6 Å². The fourth-order valence-electron chi connectivity index (χ4n) is 2.80. The largest absolute Gasteiger partial charge is 0.321 e. The molecule has 20 heavy (non-hydrogen) atoms. The summed E-state index contributed by atoms with van der Waals surface area (Å²) in [5.74, 6) is -0.608. The number of aryl methyl sites for hydroxylation is 2. The minimum absolute atomic E-state index is 0.302. The van der Waals surface area contributed by atoms with E-state index < -0.39 is 5.54 Å². The van der Waals surface area contributed by atoms with Gasteiger partial charge < -0.3 is 5.73 Å². The zero-order valence-corrected chi connectivity index (χ0v) is 12.0. The number of benzene rings is 2. The van der Waals surface area contributed by atoms with E-state index in [2.05, 4.69) is 0 Å². The van der Waals surface area contributed by atoms with Gasteiger partial charge in [0, 0.05) is 11.1 Å². The van der Waals surface area contributed by atoms with Crippen molar-refractivity contribution in [3.63, 3.8) is 0 Å². The molecule has 2 N–H and O–H groups in total. The van der Waals surface area contributed by atoms with Crippen LogP contribution in [0, 0.1) is 25.5 Å². The molecule has 0 heterocycles. The van der Waals surface area contributed by atoms with Gasteiger partial charge in [0.2, 0.25) is 0 Å². The Morgan fingerprint density at radius 2 is 1.80 bits per heavy atom. The lowest BCUT2D eigenvalue weighted by molar-refractivity contribution is 0.453. The van der Waals surface area contributed by atoms with Crippen molar-refractivity contribution in [2.75, 3.05) is 0 Å². The lowest BCUT2D eigenvalue weighted by Gasteiger charge is -2.28. The van der Waals surface area contributed by atoms with Crippen LogP contribution in [-0.4, -0.2) is 0 Å². The van der Waals surface area contributed by atoms with E-state index in [1.165, 1.54) is 18.2 Å². The fraction of sp³-hybridized carbons (Fsp3) is 0.294. The molecule has 2 aromatic rings. The second-order valence-corrected chi connectivity index (χ2v) is 5.66. The summed E-state index contributed by atoms with van der Waals surface area (Å²) in [7, 11) is 0. The zero-order chi connectivity index (χ0) is 14.9. The van der Waals surface area contributed by atoms with Crippen molar-refractivity contribution in [2.45, 2.75) is 32.7 Å². The van der Waals surface area contributed by atoms with E-state index in [9.17, 15) is 8.78 Å². The predicted molar refractivity (Wildman–Crippen MR) is 77.5 cm³/mol. The van der Waals surface area contributed by atoms with Crippen LogP contribution in [0.3, 0.4) is 0 Å². The maximum atomic E-state index is 14.2. The Labute approximate surface area is 118 Å². The Kier molecular flexibility index (Phi) is 3.91. The quantitative estimate of drug-likeness (QED) is 0.900. The first-order valence-electron chi connectivity index (χ1n) is 6.60. The average molecular weight is 275 g/mol. The van der Waals surface area contributed by atoms with E-state index in [4.69, 9.17) is 5.73 Å². The van der Waals surface area contributed by atoms with Crippen LogP contribution in [0.1, 0.15) is 29.2 Å². The molecule has 0 aliphatic heterocycles. The summed E-state index contributed by atoms with van der Waals surface area (Å²) in [6.07, 6.45) is 0.381. The van der Waals surface area contributed by atoms with Gasteiger partial charge in [-0.2, -0.15) is 0 Å². The van der Waals surface area contributed by atoms with E-state index in [-0.39, 0.29) is 11.6 Å². The van der Waals surface area contributed by atoms with E-state index in [1.54, 1.807) is 19.1 Å². The van der Waals surface area contributed by atoms with Crippen molar-refractivity contribution in [1.82, 2.24) is 0 Å². The van der Waals surface area contributed by atoms with E-state index >= 15 is 0 Å². The van der Waals surface area contributed by atoms with Gasteiger partial charge in [-0.25, -0.2) is 8.78 Å². The van der Waals surface area contributed by atoms with Crippen LogP contribution in [0.4, 0.5) is 8.78 Å². The van der Waals surface area contributed by atoms with Crippen LogP contribution < -0.4 is 5.73 Å². The van der Waals surface area contributed by atoms with E-state index in [1.807, 2.05) is 19.9 Å². The van der Waals surface area contributed by atoms with Crippen LogP contribution in [-0.2, 0) is 12.0 Å². The fourth-order valence-corrected chi connectivity index (χ4v) is 2.80. The van der Waals surface area contributed by atoms with Crippen molar-refractivity contribution in [3.8, 4) is 0 Å². The molecule has 0 amide bonds. The predicted octanol–water partition coefficient (Wildman–Crippen LogP) is 4.00. The number of halogens is 2. The van der Waals surface area contributed by atoms with Gasteiger partial charge in [-0.3, -0.25) is 0 Å². The zero-order valence-electron chi connectivity index (χ0n) is 12.0. The summed E-state index contributed by atoms with van der Waals surface area (Å²) < 4.78 is 27.5. The molecule has 0 aliphatic rings. The summed E-state index contributed by atoms with van der Waals surface area (Å²) in [5, 5.41) is 0. The molecule has 2 rings (SSSR count). The van der Waals surface area contributed by atoms with Crippen molar-refractivity contribution in [2.24, 2.45) is 5.73 Å². The molecule has 2 aromatic carbocycles. The third-order valence-electron chi connectivity index (χ3n) is 3.46. The topological polar surface area (TPSA) is 26.0 Å². The van der Waals surface area contributed by atoms with Gasteiger partial charge in [0.05, 0.1) is 0 Å². The molecule has 106 valence electrons. The first-order chi connectivity index (χ1) is 9.29. The van der Waals surface area contributed by atoms with Crippen LogP contribution in [0.2, 0.25) is 0 Å². The summed E-state index contributed by atoms with van der Waals surface area (Å²) in [6, 6.07) is 9.66. The second kappa shape index (κ2) is 5.33. The highest BCUT2D eigenvalue weighted by atomic mass is 19.1. The maximum Gasteiger partial charge on any atom is 0.128 e. The standard InChI is InChI=1S/C17H19F2N/c1-11-7-12(2)16(15(19)8-11)17(3,20)10-13-5-4-6-14(18)9-13/h4-9H,10,20H2,1-3H3. The van der Waals surface area contributed by atoms with E-state index in [0.29, 0.717) is 12.0 Å². The molecule has 0 aliphatic carbocycles. The SMILES string of the molecule is Cc1cc(C)c(C(C)(N)Cc2cccc(F)c2)c(F)c1. The molecule has 0 saturated heterocycles. The highest BCUT2D eigenvalue weighted by molar-refractivity contribution is 5.38. The van der Waals surface area contributed by atoms with Gasteiger partial charge in [-0.05, 0) is 62.1 Å². The van der Waals surface area contributed by atoms with Crippen molar-refractivity contribution >= 4 is 0 Å². The Hall–Kier alpha value is -1.74.